The van der Waals surface area contributed by atoms with E-state index in [4.69, 9.17) is 11.6 Å². The highest BCUT2D eigenvalue weighted by molar-refractivity contribution is 9.10. The molecular formula is C17H19BrClNO2. The van der Waals surface area contributed by atoms with Crippen molar-refractivity contribution in [2.75, 3.05) is 0 Å². The van der Waals surface area contributed by atoms with E-state index in [9.17, 15) is 9.90 Å². The van der Waals surface area contributed by atoms with Crippen molar-refractivity contribution in [3.8, 4) is 0 Å². The average molecular weight is 385 g/mol. The first-order valence-corrected chi connectivity index (χ1v) is 8.73. The van der Waals surface area contributed by atoms with Gasteiger partial charge in [-0.1, -0.05) is 18.5 Å². The topological polar surface area (TPSA) is 49.3 Å². The van der Waals surface area contributed by atoms with Gasteiger partial charge in [-0.2, -0.15) is 0 Å². The van der Waals surface area contributed by atoms with Crippen molar-refractivity contribution in [3.05, 3.63) is 38.5 Å². The molecular weight excluding hydrogens is 366 g/mol. The zero-order valence-corrected chi connectivity index (χ0v) is 15.0. The molecule has 0 saturated heterocycles. The molecule has 0 bridgehead atoms. The Balaban J connectivity index is 2.08. The number of halogens is 2. The minimum Gasteiger partial charge on any atom is -0.509 e. The van der Waals surface area contributed by atoms with Crippen molar-refractivity contribution in [1.82, 2.24) is 5.32 Å². The number of aryl methyl sites for hydroxylation is 1. The van der Waals surface area contributed by atoms with Gasteiger partial charge in [0, 0.05) is 4.47 Å². The first kappa shape index (κ1) is 15.9. The molecule has 118 valence electrons. The second-order valence-electron chi connectivity index (χ2n) is 6.52. The Morgan fingerprint density at radius 1 is 1.36 bits per heavy atom. The predicted molar refractivity (Wildman–Crippen MR) is 91.9 cm³/mol. The number of nitrogens with one attached hydrogen (secondary N) is 1. The van der Waals surface area contributed by atoms with E-state index in [0.29, 0.717) is 22.1 Å². The molecule has 1 heterocycles. The van der Waals surface area contributed by atoms with Crippen LogP contribution in [0.4, 0.5) is 0 Å². The molecule has 1 aromatic carbocycles. The summed E-state index contributed by atoms with van der Waals surface area (Å²) in [4.78, 5) is 12.5. The zero-order valence-electron chi connectivity index (χ0n) is 12.7. The van der Waals surface area contributed by atoms with E-state index < -0.39 is 5.54 Å². The number of hydrogen-bond acceptors (Lipinski definition) is 2. The summed E-state index contributed by atoms with van der Waals surface area (Å²) >= 11 is 9.56. The number of amides is 1. The van der Waals surface area contributed by atoms with E-state index in [-0.39, 0.29) is 11.7 Å². The Morgan fingerprint density at radius 2 is 2.00 bits per heavy atom. The molecule has 0 unspecified atom stereocenters. The number of carbonyl (C=O) groups excluding carboxylic acids is 1. The van der Waals surface area contributed by atoms with Gasteiger partial charge in [-0.3, -0.25) is 4.79 Å². The van der Waals surface area contributed by atoms with Crippen molar-refractivity contribution in [3.63, 3.8) is 0 Å². The molecule has 5 heteroatoms. The van der Waals surface area contributed by atoms with Gasteiger partial charge in [0.2, 0.25) is 0 Å². The molecule has 2 N–H and O–H groups in total. The fourth-order valence-electron chi connectivity index (χ4n) is 3.47. The lowest BCUT2D eigenvalue weighted by Gasteiger charge is -2.36. The molecule has 1 amide bonds. The molecule has 2 aliphatic rings. The van der Waals surface area contributed by atoms with Crippen molar-refractivity contribution in [1.29, 1.82) is 0 Å². The lowest BCUT2D eigenvalue weighted by atomic mass is 9.76. The first-order valence-electron chi connectivity index (χ1n) is 7.56. The first-order chi connectivity index (χ1) is 10.3. The molecule has 1 aliphatic carbocycles. The van der Waals surface area contributed by atoms with Gasteiger partial charge in [0.1, 0.15) is 5.76 Å². The number of carbonyl (C=O) groups is 1. The Labute approximate surface area is 143 Å². The third kappa shape index (κ3) is 2.46. The fraction of sp³-hybridized carbons (Fsp3) is 0.471. The monoisotopic (exact) mass is 383 g/mol. The van der Waals surface area contributed by atoms with Crippen molar-refractivity contribution >= 4 is 39.0 Å². The highest BCUT2D eigenvalue weighted by atomic mass is 79.9. The van der Waals surface area contributed by atoms with Crippen LogP contribution in [0.3, 0.4) is 0 Å². The number of aliphatic hydroxyl groups excluding tert-OH is 1. The van der Waals surface area contributed by atoms with Gasteiger partial charge in [0.25, 0.3) is 5.91 Å². The maximum absolute atomic E-state index is 12.5. The molecule has 1 fully saturated rings. The number of aliphatic hydroxyl groups is 1. The average Bonchev–Trinajstić information content (AvgIpc) is 2.70. The van der Waals surface area contributed by atoms with E-state index in [1.807, 2.05) is 13.0 Å². The largest absolute Gasteiger partial charge is 0.509 e. The number of rotatable bonds is 1. The van der Waals surface area contributed by atoms with Gasteiger partial charge in [-0.05, 0) is 77.7 Å². The minimum atomic E-state index is -0.578. The second-order valence-corrected chi connectivity index (χ2v) is 7.79. The van der Waals surface area contributed by atoms with E-state index in [2.05, 4.69) is 28.2 Å². The highest BCUT2D eigenvalue weighted by Crippen LogP contribution is 2.44. The summed E-state index contributed by atoms with van der Waals surface area (Å²) in [5.74, 6) is 0.627. The summed E-state index contributed by atoms with van der Waals surface area (Å²) in [7, 11) is 0. The van der Waals surface area contributed by atoms with E-state index in [1.54, 1.807) is 6.07 Å². The van der Waals surface area contributed by atoms with Gasteiger partial charge in [-0.25, -0.2) is 0 Å². The standard InChI is InChI=1S/C17H19BrClNO2/c1-9-3-5-17(6-4-9)15(21)14(16(22)20-17)11-8-13(19)12(18)7-10(11)2/h7-9,21H,3-6H2,1-2H3,(H,20,22). The number of benzene rings is 1. The SMILES string of the molecule is Cc1cc(Br)c(Cl)cc1C1=C(O)C2(CCC(C)CC2)NC1=O. The quantitative estimate of drug-likeness (QED) is 0.733. The maximum atomic E-state index is 12.5. The van der Waals surface area contributed by atoms with Crippen LogP contribution in [0.25, 0.3) is 5.57 Å². The van der Waals surface area contributed by atoms with Crippen LogP contribution < -0.4 is 5.32 Å². The van der Waals surface area contributed by atoms with Crippen LogP contribution in [0.5, 0.6) is 0 Å². The normalized spacial score (nSPS) is 28.4. The minimum absolute atomic E-state index is 0.186. The van der Waals surface area contributed by atoms with E-state index in [0.717, 1.165) is 35.7 Å². The van der Waals surface area contributed by atoms with Crippen LogP contribution in [0.1, 0.15) is 43.7 Å². The van der Waals surface area contributed by atoms with Gasteiger partial charge < -0.3 is 10.4 Å². The lowest BCUT2D eigenvalue weighted by Crippen LogP contribution is -2.47. The molecule has 1 saturated carbocycles. The van der Waals surface area contributed by atoms with Gasteiger partial charge in [0.05, 0.1) is 16.1 Å². The smallest absolute Gasteiger partial charge is 0.256 e. The van der Waals surface area contributed by atoms with Gasteiger partial charge in [-0.15, -0.1) is 0 Å². The van der Waals surface area contributed by atoms with Crippen molar-refractivity contribution < 1.29 is 9.90 Å². The third-order valence-electron chi connectivity index (χ3n) is 4.93. The predicted octanol–water partition coefficient (Wildman–Crippen LogP) is 4.76. The van der Waals surface area contributed by atoms with E-state index >= 15 is 0 Å². The number of hydrogen-bond donors (Lipinski definition) is 2. The molecule has 0 aromatic heterocycles. The zero-order chi connectivity index (χ0) is 16.1. The van der Waals surface area contributed by atoms with Crippen LogP contribution >= 0.6 is 27.5 Å². The molecule has 3 nitrogen and oxygen atoms in total. The van der Waals surface area contributed by atoms with Crippen LogP contribution in [-0.4, -0.2) is 16.6 Å². The second kappa shape index (κ2) is 5.57. The van der Waals surface area contributed by atoms with Crippen LogP contribution in [0, 0.1) is 12.8 Å². The Morgan fingerprint density at radius 3 is 2.64 bits per heavy atom. The highest BCUT2D eigenvalue weighted by Gasteiger charge is 2.47. The van der Waals surface area contributed by atoms with E-state index in [1.165, 1.54) is 0 Å². The summed E-state index contributed by atoms with van der Waals surface area (Å²) in [6, 6.07) is 3.62. The molecule has 22 heavy (non-hydrogen) atoms. The van der Waals surface area contributed by atoms with Crippen molar-refractivity contribution in [2.45, 2.75) is 45.1 Å². The van der Waals surface area contributed by atoms with Crippen LogP contribution in [-0.2, 0) is 4.79 Å². The summed E-state index contributed by atoms with van der Waals surface area (Å²) in [6.07, 6.45) is 3.60. The molecule has 0 atom stereocenters. The lowest BCUT2D eigenvalue weighted by molar-refractivity contribution is -0.116. The Bertz CT molecular complexity index is 675. The maximum Gasteiger partial charge on any atom is 0.256 e. The van der Waals surface area contributed by atoms with Crippen LogP contribution in [0.15, 0.2) is 22.4 Å². The third-order valence-corrected chi connectivity index (χ3v) is 6.13. The summed E-state index contributed by atoms with van der Waals surface area (Å²) in [5.41, 5.74) is 1.42. The Kier molecular flexibility index (Phi) is 4.02. The molecule has 3 rings (SSSR count). The molecule has 1 aliphatic heterocycles. The molecule has 1 spiro atoms. The van der Waals surface area contributed by atoms with Crippen LogP contribution in [0.2, 0.25) is 5.02 Å². The molecule has 1 aromatic rings. The fourth-order valence-corrected chi connectivity index (χ4v) is 4.09. The van der Waals surface area contributed by atoms with Crippen molar-refractivity contribution in [2.24, 2.45) is 5.92 Å². The summed E-state index contributed by atoms with van der Waals surface area (Å²) < 4.78 is 0.787. The Hall–Kier alpha value is -1.00. The molecule has 0 radical (unpaired) electrons. The van der Waals surface area contributed by atoms with Gasteiger partial charge in [0.15, 0.2) is 0 Å². The summed E-state index contributed by atoms with van der Waals surface area (Å²) in [5, 5.41) is 14.4. The summed E-state index contributed by atoms with van der Waals surface area (Å²) in [6.45, 7) is 4.13. The van der Waals surface area contributed by atoms with Gasteiger partial charge >= 0.3 is 0 Å².